The van der Waals surface area contributed by atoms with E-state index in [9.17, 15) is 17.2 Å². The molecule has 0 saturated carbocycles. The van der Waals surface area contributed by atoms with Gasteiger partial charge in [0.05, 0.1) is 5.69 Å². The van der Waals surface area contributed by atoms with E-state index in [-0.39, 0.29) is 5.69 Å². The predicted octanol–water partition coefficient (Wildman–Crippen LogP) is 3.93. The fourth-order valence-corrected chi connectivity index (χ4v) is 4.36. The van der Waals surface area contributed by atoms with Crippen LogP contribution >= 0.6 is 0 Å². The fourth-order valence-electron chi connectivity index (χ4n) is 3.24. The van der Waals surface area contributed by atoms with E-state index in [2.05, 4.69) is 25.0 Å². The van der Waals surface area contributed by atoms with Crippen LogP contribution in [0.1, 0.15) is 0 Å². The third-order valence-electron chi connectivity index (χ3n) is 4.82. The van der Waals surface area contributed by atoms with Crippen LogP contribution in [0.15, 0.2) is 84.0 Å². The summed E-state index contributed by atoms with van der Waals surface area (Å²) in [5.41, 5.74) is 2.90. The Hall–Kier alpha value is -4.25. The van der Waals surface area contributed by atoms with Gasteiger partial charge in [0.2, 0.25) is 0 Å². The maximum atomic E-state index is 13.9. The first kappa shape index (κ1) is 20.6. The summed E-state index contributed by atoms with van der Waals surface area (Å²) in [6, 6.07) is 15.8. The van der Waals surface area contributed by atoms with Crippen LogP contribution in [0.25, 0.3) is 28.3 Å². The summed E-state index contributed by atoms with van der Waals surface area (Å²) in [5.74, 6) is -1.48. The first-order valence-corrected chi connectivity index (χ1v) is 11.1. The van der Waals surface area contributed by atoms with Crippen molar-refractivity contribution in [3.63, 3.8) is 0 Å². The van der Waals surface area contributed by atoms with Gasteiger partial charge < -0.3 is 0 Å². The molecule has 0 spiro atoms. The van der Waals surface area contributed by atoms with Gasteiger partial charge in [-0.15, -0.1) is 10.2 Å². The van der Waals surface area contributed by atoms with Crippen LogP contribution in [0.3, 0.4) is 0 Å². The highest BCUT2D eigenvalue weighted by Gasteiger charge is 2.20. The lowest BCUT2D eigenvalue weighted by Crippen LogP contribution is -2.14. The second-order valence-electron chi connectivity index (χ2n) is 7.01. The van der Waals surface area contributed by atoms with Crippen LogP contribution in [0.4, 0.5) is 14.5 Å². The van der Waals surface area contributed by atoms with Crippen molar-refractivity contribution >= 4 is 21.4 Å². The van der Waals surface area contributed by atoms with Crippen LogP contribution in [-0.2, 0) is 10.0 Å². The van der Waals surface area contributed by atoms with Crippen molar-refractivity contribution in [2.24, 2.45) is 0 Å². The fraction of sp³-hybridized carbons (Fsp3) is 0. The Bertz CT molecular complexity index is 1570. The van der Waals surface area contributed by atoms with E-state index in [1.807, 2.05) is 0 Å². The molecule has 0 fully saturated rings. The molecule has 11 heteroatoms. The van der Waals surface area contributed by atoms with Crippen molar-refractivity contribution in [3.8, 4) is 22.6 Å². The zero-order valence-corrected chi connectivity index (χ0v) is 17.5. The Morgan fingerprint density at radius 1 is 0.818 bits per heavy atom. The Labute approximate surface area is 186 Å². The molecule has 0 atom stereocenters. The maximum Gasteiger partial charge on any atom is 0.264 e. The minimum Gasteiger partial charge on any atom is -0.280 e. The van der Waals surface area contributed by atoms with Gasteiger partial charge in [-0.3, -0.25) is 9.71 Å². The number of sulfonamides is 1. The molecule has 0 aliphatic carbocycles. The van der Waals surface area contributed by atoms with Gasteiger partial charge in [-0.05, 0) is 48.5 Å². The van der Waals surface area contributed by atoms with Gasteiger partial charge in [-0.2, -0.15) is 9.61 Å². The minimum atomic E-state index is -4.23. The molecular weight excluding hydrogens is 450 g/mol. The Balaban J connectivity index is 1.44. The van der Waals surface area contributed by atoms with Gasteiger partial charge in [-0.25, -0.2) is 17.2 Å². The number of anilines is 1. The summed E-state index contributed by atoms with van der Waals surface area (Å²) in [6.07, 6.45) is 3.30. The van der Waals surface area contributed by atoms with E-state index < -0.39 is 26.6 Å². The normalized spacial score (nSPS) is 11.6. The van der Waals surface area contributed by atoms with Crippen LogP contribution in [-0.4, -0.2) is 33.2 Å². The van der Waals surface area contributed by atoms with Gasteiger partial charge in [0.15, 0.2) is 11.5 Å². The number of rotatable bonds is 5. The second-order valence-corrected chi connectivity index (χ2v) is 8.66. The van der Waals surface area contributed by atoms with Crippen molar-refractivity contribution in [1.29, 1.82) is 0 Å². The number of nitrogens with one attached hydrogen (secondary N) is 1. The highest BCUT2D eigenvalue weighted by Crippen LogP contribution is 2.24. The zero-order valence-electron chi connectivity index (χ0n) is 16.7. The molecule has 33 heavy (non-hydrogen) atoms. The third-order valence-corrected chi connectivity index (χ3v) is 6.23. The molecule has 0 unspecified atom stereocenters. The zero-order chi connectivity index (χ0) is 23.0. The Kier molecular flexibility index (Phi) is 5.02. The van der Waals surface area contributed by atoms with Gasteiger partial charge in [0, 0.05) is 35.3 Å². The van der Waals surface area contributed by atoms with Crippen LogP contribution in [0.2, 0.25) is 0 Å². The molecule has 0 aliphatic rings. The summed E-state index contributed by atoms with van der Waals surface area (Å²) in [4.78, 5) is 3.36. The quantitative estimate of drug-likeness (QED) is 0.423. The van der Waals surface area contributed by atoms with Crippen molar-refractivity contribution in [1.82, 2.24) is 24.8 Å². The van der Waals surface area contributed by atoms with Gasteiger partial charge in [-0.1, -0.05) is 12.1 Å². The first-order chi connectivity index (χ1) is 15.9. The average molecular weight is 464 g/mol. The molecule has 1 N–H and O–H groups in total. The van der Waals surface area contributed by atoms with Gasteiger partial charge in [0.1, 0.15) is 16.5 Å². The third kappa shape index (κ3) is 4.01. The monoisotopic (exact) mass is 464 g/mol. The molecule has 5 aromatic rings. The van der Waals surface area contributed by atoms with Crippen molar-refractivity contribution in [2.45, 2.75) is 4.90 Å². The summed E-state index contributed by atoms with van der Waals surface area (Å²) < 4.78 is 55.8. The summed E-state index contributed by atoms with van der Waals surface area (Å²) in [7, 11) is -4.23. The van der Waals surface area contributed by atoms with E-state index in [1.165, 1.54) is 12.1 Å². The average Bonchev–Trinajstić information content (AvgIpc) is 3.23. The van der Waals surface area contributed by atoms with Gasteiger partial charge in [0.25, 0.3) is 10.0 Å². The largest absolute Gasteiger partial charge is 0.280 e. The maximum absolute atomic E-state index is 13.9. The van der Waals surface area contributed by atoms with E-state index in [1.54, 1.807) is 53.3 Å². The molecule has 0 amide bonds. The number of benzene rings is 2. The number of aromatic nitrogens is 5. The lowest BCUT2D eigenvalue weighted by atomic mass is 10.1. The molecule has 164 valence electrons. The number of hydrogen-bond acceptors (Lipinski definition) is 6. The van der Waals surface area contributed by atoms with Crippen LogP contribution in [0, 0.1) is 11.6 Å². The van der Waals surface area contributed by atoms with E-state index in [0.29, 0.717) is 28.8 Å². The molecule has 0 radical (unpaired) electrons. The Morgan fingerprint density at radius 2 is 1.58 bits per heavy atom. The van der Waals surface area contributed by atoms with E-state index in [0.717, 1.165) is 17.7 Å². The number of nitrogens with zero attached hydrogens (tertiary/aromatic N) is 5. The molecule has 0 saturated heterocycles. The molecule has 2 aromatic carbocycles. The van der Waals surface area contributed by atoms with E-state index in [4.69, 9.17) is 0 Å². The summed E-state index contributed by atoms with van der Waals surface area (Å²) in [6.45, 7) is 0. The molecule has 3 aromatic heterocycles. The smallest absolute Gasteiger partial charge is 0.264 e. The highest BCUT2D eigenvalue weighted by molar-refractivity contribution is 7.92. The minimum absolute atomic E-state index is 0.213. The summed E-state index contributed by atoms with van der Waals surface area (Å²) >= 11 is 0. The number of halogens is 2. The highest BCUT2D eigenvalue weighted by atomic mass is 32.2. The molecule has 0 bridgehead atoms. The second kappa shape index (κ2) is 8.02. The molecular formula is C22H14F2N6O2S. The van der Waals surface area contributed by atoms with Gasteiger partial charge >= 0.3 is 0 Å². The molecule has 3 heterocycles. The number of pyridine rings is 1. The van der Waals surface area contributed by atoms with Crippen molar-refractivity contribution in [3.05, 3.63) is 90.8 Å². The topological polar surface area (TPSA) is 102 Å². The molecule has 8 nitrogen and oxygen atoms in total. The number of fused-ring (bicyclic) bond motifs is 1. The molecule has 5 rings (SSSR count). The van der Waals surface area contributed by atoms with Crippen molar-refractivity contribution < 1.29 is 17.2 Å². The number of hydrogen-bond donors (Lipinski definition) is 1. The van der Waals surface area contributed by atoms with Crippen LogP contribution < -0.4 is 4.72 Å². The first-order valence-electron chi connectivity index (χ1n) is 9.62. The lowest BCUT2D eigenvalue weighted by molar-refractivity contribution is 0.551. The standard InChI is InChI=1S/C22H14F2N6O2S/c23-16-3-7-20(18(24)13-16)33(31,32)29-17-4-1-14(2-5-17)19-6-8-21-26-27-22(30(21)28-19)15-9-11-25-12-10-15/h1-13,29H. The van der Waals surface area contributed by atoms with E-state index >= 15 is 0 Å². The predicted molar refractivity (Wildman–Crippen MR) is 117 cm³/mol. The SMILES string of the molecule is O=S(=O)(Nc1ccc(-c2ccc3nnc(-c4ccncc4)n3n2)cc1)c1ccc(F)cc1F. The van der Waals surface area contributed by atoms with Crippen molar-refractivity contribution in [2.75, 3.05) is 4.72 Å². The molecule has 0 aliphatic heterocycles. The van der Waals surface area contributed by atoms with Crippen LogP contribution in [0.5, 0.6) is 0 Å². The summed E-state index contributed by atoms with van der Waals surface area (Å²) in [5, 5.41) is 12.9. The lowest BCUT2D eigenvalue weighted by Gasteiger charge is -2.10. The Morgan fingerprint density at radius 3 is 2.30 bits per heavy atom.